The third-order valence-electron chi connectivity index (χ3n) is 3.19. The molecule has 5 heteroatoms. The van der Waals surface area contributed by atoms with E-state index < -0.39 is 11.5 Å². The fraction of sp³-hybridized carbons (Fsp3) is 0.818. The van der Waals surface area contributed by atoms with Gasteiger partial charge in [0.2, 0.25) is 5.91 Å². The van der Waals surface area contributed by atoms with E-state index in [1.54, 1.807) is 0 Å². The molecule has 0 atom stereocenters. The van der Waals surface area contributed by atoms with Gasteiger partial charge in [0.05, 0.1) is 5.75 Å². The van der Waals surface area contributed by atoms with Gasteiger partial charge in [-0.1, -0.05) is 6.92 Å². The highest BCUT2D eigenvalue weighted by Gasteiger charge is 2.42. The summed E-state index contributed by atoms with van der Waals surface area (Å²) >= 11 is 1.40. The molecule has 1 rings (SSSR count). The first-order chi connectivity index (χ1) is 7.50. The van der Waals surface area contributed by atoms with Gasteiger partial charge < -0.3 is 10.4 Å². The van der Waals surface area contributed by atoms with Crippen molar-refractivity contribution in [3.8, 4) is 0 Å². The van der Waals surface area contributed by atoms with Crippen molar-refractivity contribution < 1.29 is 14.7 Å². The number of hydrogen-bond donors (Lipinski definition) is 2. The topological polar surface area (TPSA) is 66.4 Å². The van der Waals surface area contributed by atoms with E-state index in [-0.39, 0.29) is 5.91 Å². The maximum atomic E-state index is 11.5. The molecule has 1 aliphatic rings. The average molecular weight is 245 g/mol. The minimum absolute atomic E-state index is 0.176. The zero-order chi connectivity index (χ0) is 12.2. The molecule has 1 aliphatic carbocycles. The van der Waals surface area contributed by atoms with Crippen LogP contribution in [-0.4, -0.2) is 34.5 Å². The van der Waals surface area contributed by atoms with Gasteiger partial charge in [-0.05, 0) is 37.9 Å². The third-order valence-corrected chi connectivity index (χ3v) is 3.74. The minimum Gasteiger partial charge on any atom is -0.480 e. The van der Waals surface area contributed by atoms with Crippen molar-refractivity contribution in [3.05, 3.63) is 0 Å². The van der Waals surface area contributed by atoms with Gasteiger partial charge in [-0.25, -0.2) is 4.79 Å². The van der Waals surface area contributed by atoms with Crippen LogP contribution in [0.1, 0.15) is 32.6 Å². The zero-order valence-electron chi connectivity index (χ0n) is 9.78. The molecule has 1 saturated carbocycles. The SMILES string of the molecule is CSCC(=O)NC1(C(=O)O)CCC(C)CC1. The van der Waals surface area contributed by atoms with Crippen molar-refractivity contribution in [2.24, 2.45) is 5.92 Å². The van der Waals surface area contributed by atoms with Crippen LogP contribution in [0.2, 0.25) is 0 Å². The molecule has 0 aromatic rings. The van der Waals surface area contributed by atoms with Crippen LogP contribution < -0.4 is 5.32 Å². The predicted octanol–water partition coefficient (Wildman–Crippen LogP) is 1.50. The summed E-state index contributed by atoms with van der Waals surface area (Å²) in [6.45, 7) is 2.12. The minimum atomic E-state index is -1.01. The normalized spacial score (nSPS) is 29.8. The number of carbonyl (C=O) groups is 2. The largest absolute Gasteiger partial charge is 0.480 e. The van der Waals surface area contributed by atoms with Crippen LogP contribution in [0, 0.1) is 5.92 Å². The molecule has 0 heterocycles. The molecule has 0 bridgehead atoms. The first kappa shape index (κ1) is 13.4. The van der Waals surface area contributed by atoms with E-state index in [1.807, 2.05) is 6.26 Å². The first-order valence-electron chi connectivity index (χ1n) is 5.53. The molecule has 16 heavy (non-hydrogen) atoms. The number of rotatable bonds is 4. The van der Waals surface area contributed by atoms with Gasteiger partial charge in [-0.3, -0.25) is 4.79 Å². The smallest absolute Gasteiger partial charge is 0.329 e. The summed E-state index contributed by atoms with van der Waals surface area (Å²) < 4.78 is 0. The Kier molecular flexibility index (Phi) is 4.65. The Morgan fingerprint density at radius 3 is 2.44 bits per heavy atom. The average Bonchev–Trinajstić information content (AvgIpc) is 2.22. The lowest BCUT2D eigenvalue weighted by Crippen LogP contribution is -2.56. The maximum absolute atomic E-state index is 11.5. The van der Waals surface area contributed by atoms with E-state index in [2.05, 4.69) is 12.2 Å². The van der Waals surface area contributed by atoms with Gasteiger partial charge >= 0.3 is 5.97 Å². The molecule has 0 spiro atoms. The summed E-state index contributed by atoms with van der Waals surface area (Å²) in [5.41, 5.74) is -1.01. The number of carboxylic acids is 1. The van der Waals surface area contributed by atoms with Crippen molar-refractivity contribution >= 4 is 23.6 Å². The second-order valence-electron chi connectivity index (χ2n) is 4.55. The van der Waals surface area contributed by atoms with Crippen LogP contribution >= 0.6 is 11.8 Å². The Morgan fingerprint density at radius 2 is 2.00 bits per heavy atom. The van der Waals surface area contributed by atoms with Crippen molar-refractivity contribution in [3.63, 3.8) is 0 Å². The van der Waals surface area contributed by atoms with Crippen molar-refractivity contribution in [1.29, 1.82) is 0 Å². The molecule has 0 saturated heterocycles. The van der Waals surface area contributed by atoms with Crippen LogP contribution in [0.5, 0.6) is 0 Å². The molecule has 2 N–H and O–H groups in total. The Balaban J connectivity index is 2.66. The third kappa shape index (κ3) is 3.14. The first-order valence-corrected chi connectivity index (χ1v) is 6.93. The maximum Gasteiger partial charge on any atom is 0.329 e. The van der Waals surface area contributed by atoms with E-state index in [0.717, 1.165) is 12.8 Å². The fourth-order valence-corrected chi connectivity index (χ4v) is 2.42. The number of amides is 1. The Labute approximate surface area is 100 Å². The number of carboxylic acid groups (broad SMARTS) is 1. The van der Waals surface area contributed by atoms with E-state index in [4.69, 9.17) is 0 Å². The number of thioether (sulfide) groups is 1. The van der Waals surface area contributed by atoms with E-state index in [1.165, 1.54) is 11.8 Å². The van der Waals surface area contributed by atoms with Crippen LogP contribution in [-0.2, 0) is 9.59 Å². The standard InChI is InChI=1S/C11H19NO3S/c1-8-3-5-11(6-4-8,10(14)15)12-9(13)7-16-2/h8H,3-7H2,1-2H3,(H,12,13)(H,14,15). The molecule has 0 aromatic heterocycles. The highest BCUT2D eigenvalue weighted by Crippen LogP contribution is 2.32. The van der Waals surface area contributed by atoms with Crippen molar-refractivity contribution in [2.75, 3.05) is 12.0 Å². The van der Waals surface area contributed by atoms with Crippen LogP contribution in [0.4, 0.5) is 0 Å². The van der Waals surface area contributed by atoms with Gasteiger partial charge in [0.25, 0.3) is 0 Å². The fourth-order valence-electron chi connectivity index (χ4n) is 2.08. The van der Waals surface area contributed by atoms with Gasteiger partial charge in [-0.15, -0.1) is 0 Å². The van der Waals surface area contributed by atoms with Gasteiger partial charge in [0.1, 0.15) is 5.54 Å². The molecular weight excluding hydrogens is 226 g/mol. The summed E-state index contributed by atoms with van der Waals surface area (Å²) in [5.74, 6) is -0.187. The summed E-state index contributed by atoms with van der Waals surface area (Å²) in [6.07, 6.45) is 4.65. The molecule has 0 unspecified atom stereocenters. The van der Waals surface area contributed by atoms with Gasteiger partial charge in [0.15, 0.2) is 0 Å². The zero-order valence-corrected chi connectivity index (χ0v) is 10.6. The lowest BCUT2D eigenvalue weighted by Gasteiger charge is -2.36. The van der Waals surface area contributed by atoms with Crippen LogP contribution in [0.25, 0.3) is 0 Å². The molecule has 1 fully saturated rings. The Morgan fingerprint density at radius 1 is 1.44 bits per heavy atom. The van der Waals surface area contributed by atoms with Gasteiger partial charge in [0, 0.05) is 0 Å². The number of carbonyl (C=O) groups excluding carboxylic acids is 1. The molecule has 0 radical (unpaired) electrons. The Hall–Kier alpha value is -0.710. The molecular formula is C11H19NO3S. The molecule has 4 nitrogen and oxygen atoms in total. The predicted molar refractivity (Wildman–Crippen MR) is 64.5 cm³/mol. The molecule has 0 aliphatic heterocycles. The molecule has 0 aromatic carbocycles. The van der Waals surface area contributed by atoms with Crippen LogP contribution in [0.15, 0.2) is 0 Å². The summed E-state index contributed by atoms with van der Waals surface area (Å²) in [6, 6.07) is 0. The number of hydrogen-bond acceptors (Lipinski definition) is 3. The molecule has 92 valence electrons. The van der Waals surface area contributed by atoms with E-state index >= 15 is 0 Å². The highest BCUT2D eigenvalue weighted by atomic mass is 32.2. The van der Waals surface area contributed by atoms with Crippen molar-refractivity contribution in [2.45, 2.75) is 38.1 Å². The summed E-state index contributed by atoms with van der Waals surface area (Å²) in [4.78, 5) is 22.8. The quantitative estimate of drug-likeness (QED) is 0.787. The van der Waals surface area contributed by atoms with E-state index in [9.17, 15) is 14.7 Å². The van der Waals surface area contributed by atoms with Gasteiger partial charge in [-0.2, -0.15) is 11.8 Å². The second-order valence-corrected chi connectivity index (χ2v) is 5.42. The number of nitrogens with one attached hydrogen (secondary N) is 1. The van der Waals surface area contributed by atoms with Crippen molar-refractivity contribution in [1.82, 2.24) is 5.32 Å². The summed E-state index contributed by atoms with van der Waals surface area (Å²) in [5, 5.41) is 12.0. The van der Waals surface area contributed by atoms with Crippen LogP contribution in [0.3, 0.4) is 0 Å². The second kappa shape index (κ2) is 5.57. The highest BCUT2D eigenvalue weighted by molar-refractivity contribution is 7.99. The Bertz CT molecular complexity index is 272. The van der Waals surface area contributed by atoms with E-state index in [0.29, 0.717) is 24.5 Å². The monoisotopic (exact) mass is 245 g/mol. The number of aliphatic carboxylic acids is 1. The lowest BCUT2D eigenvalue weighted by molar-refractivity contribution is -0.149. The molecule has 1 amide bonds. The summed E-state index contributed by atoms with van der Waals surface area (Å²) in [7, 11) is 0. The lowest BCUT2D eigenvalue weighted by atomic mass is 9.77.